The van der Waals surface area contributed by atoms with Gasteiger partial charge in [-0.15, -0.1) is 0 Å². The van der Waals surface area contributed by atoms with Gasteiger partial charge in [0.05, 0.1) is 6.61 Å². The average Bonchev–Trinajstić information content (AvgIpc) is 2.38. The van der Waals surface area contributed by atoms with E-state index in [-0.39, 0.29) is 0 Å². The number of benzene rings is 1. The zero-order valence-electron chi connectivity index (χ0n) is 11.7. The van der Waals surface area contributed by atoms with Crippen molar-refractivity contribution >= 4 is 5.69 Å². The maximum atomic E-state index is 5.70. The molecule has 1 aliphatic heterocycles. The summed E-state index contributed by atoms with van der Waals surface area (Å²) in [6.07, 6.45) is 0. The van der Waals surface area contributed by atoms with Crippen molar-refractivity contribution in [3.05, 3.63) is 24.3 Å². The second-order valence-corrected chi connectivity index (χ2v) is 5.49. The van der Waals surface area contributed by atoms with Gasteiger partial charge >= 0.3 is 0 Å². The van der Waals surface area contributed by atoms with Crippen molar-refractivity contribution in [1.82, 2.24) is 4.90 Å². The van der Waals surface area contributed by atoms with Gasteiger partial charge in [-0.05, 0) is 37.2 Å². The maximum absolute atomic E-state index is 5.70. The van der Waals surface area contributed by atoms with Gasteiger partial charge in [-0.1, -0.05) is 13.8 Å². The highest BCUT2D eigenvalue weighted by Gasteiger charge is 2.13. The second kappa shape index (κ2) is 6.10. The van der Waals surface area contributed by atoms with Gasteiger partial charge in [0.1, 0.15) is 5.75 Å². The molecule has 1 fully saturated rings. The Bertz CT molecular complexity index is 353. The Kier molecular flexibility index (Phi) is 4.48. The molecule has 0 aromatic heterocycles. The summed E-state index contributed by atoms with van der Waals surface area (Å²) in [7, 11) is 2.18. The number of hydrogen-bond donors (Lipinski definition) is 0. The van der Waals surface area contributed by atoms with Crippen molar-refractivity contribution in [3.8, 4) is 5.75 Å². The van der Waals surface area contributed by atoms with Crippen molar-refractivity contribution in [1.29, 1.82) is 0 Å². The van der Waals surface area contributed by atoms with E-state index in [0.29, 0.717) is 5.92 Å². The largest absolute Gasteiger partial charge is 0.493 e. The average molecular weight is 248 g/mol. The Labute approximate surface area is 110 Å². The topological polar surface area (TPSA) is 15.7 Å². The third-order valence-electron chi connectivity index (χ3n) is 3.29. The molecule has 1 aromatic carbocycles. The lowest BCUT2D eigenvalue weighted by molar-refractivity contribution is 0.271. The molecule has 0 aliphatic carbocycles. The number of likely N-dealkylation sites (N-methyl/N-ethyl adjacent to an activating group) is 1. The molecule has 1 aromatic rings. The molecular formula is C15H24N2O. The van der Waals surface area contributed by atoms with E-state index in [1.807, 2.05) is 0 Å². The first-order chi connectivity index (χ1) is 8.65. The van der Waals surface area contributed by atoms with E-state index >= 15 is 0 Å². The second-order valence-electron chi connectivity index (χ2n) is 5.49. The third kappa shape index (κ3) is 3.64. The molecule has 0 radical (unpaired) electrons. The van der Waals surface area contributed by atoms with Gasteiger partial charge in [-0.2, -0.15) is 0 Å². The molecule has 100 valence electrons. The van der Waals surface area contributed by atoms with Crippen LogP contribution < -0.4 is 9.64 Å². The minimum Gasteiger partial charge on any atom is -0.493 e. The lowest BCUT2D eigenvalue weighted by Gasteiger charge is -2.34. The molecule has 3 heteroatoms. The monoisotopic (exact) mass is 248 g/mol. The molecule has 18 heavy (non-hydrogen) atoms. The summed E-state index contributed by atoms with van der Waals surface area (Å²) in [5, 5.41) is 0. The van der Waals surface area contributed by atoms with Crippen LogP contribution in [0.25, 0.3) is 0 Å². The van der Waals surface area contributed by atoms with E-state index in [1.54, 1.807) is 0 Å². The molecule has 0 saturated carbocycles. The standard InChI is InChI=1S/C15H24N2O/c1-13(2)12-18-15-6-4-14(5-7-15)17-10-8-16(3)9-11-17/h4-7,13H,8-12H2,1-3H3. The van der Waals surface area contributed by atoms with E-state index in [1.165, 1.54) is 5.69 Å². The lowest BCUT2D eigenvalue weighted by atomic mass is 10.2. The first kappa shape index (κ1) is 13.2. The highest BCUT2D eigenvalue weighted by molar-refractivity contribution is 5.49. The van der Waals surface area contributed by atoms with Gasteiger partial charge < -0.3 is 14.5 Å². The lowest BCUT2D eigenvalue weighted by Crippen LogP contribution is -2.44. The maximum Gasteiger partial charge on any atom is 0.119 e. The Balaban J connectivity index is 1.91. The SMILES string of the molecule is CC(C)COc1ccc(N2CCN(C)CC2)cc1. The van der Waals surface area contributed by atoms with Gasteiger partial charge in [0.2, 0.25) is 0 Å². The summed E-state index contributed by atoms with van der Waals surface area (Å²) in [6, 6.07) is 8.49. The first-order valence-electron chi connectivity index (χ1n) is 6.81. The normalized spacial score (nSPS) is 17.2. The number of rotatable bonds is 4. The van der Waals surface area contributed by atoms with Crippen LogP contribution in [0.2, 0.25) is 0 Å². The molecule has 1 saturated heterocycles. The van der Waals surface area contributed by atoms with Crippen molar-refractivity contribution < 1.29 is 4.74 Å². The minimum atomic E-state index is 0.572. The van der Waals surface area contributed by atoms with Crippen LogP contribution in [0, 0.1) is 5.92 Å². The van der Waals surface area contributed by atoms with Gasteiger partial charge in [0.15, 0.2) is 0 Å². The fourth-order valence-electron chi connectivity index (χ4n) is 2.08. The van der Waals surface area contributed by atoms with E-state index < -0.39 is 0 Å². The van der Waals surface area contributed by atoms with Gasteiger partial charge in [-0.25, -0.2) is 0 Å². The molecular weight excluding hydrogens is 224 g/mol. The predicted molar refractivity (Wildman–Crippen MR) is 76.5 cm³/mol. The molecule has 0 spiro atoms. The summed E-state index contributed by atoms with van der Waals surface area (Å²) >= 11 is 0. The van der Waals surface area contributed by atoms with E-state index in [4.69, 9.17) is 4.74 Å². The number of hydrogen-bond acceptors (Lipinski definition) is 3. The molecule has 3 nitrogen and oxygen atoms in total. The molecule has 2 rings (SSSR count). The predicted octanol–water partition coefficient (Wildman–Crippen LogP) is 2.47. The van der Waals surface area contributed by atoms with Gasteiger partial charge in [0.25, 0.3) is 0 Å². The van der Waals surface area contributed by atoms with Gasteiger partial charge in [0, 0.05) is 31.9 Å². The highest BCUT2D eigenvalue weighted by atomic mass is 16.5. The molecule has 0 bridgehead atoms. The fourth-order valence-corrected chi connectivity index (χ4v) is 2.08. The zero-order valence-corrected chi connectivity index (χ0v) is 11.7. The van der Waals surface area contributed by atoms with Crippen LogP contribution in [0.1, 0.15) is 13.8 Å². The minimum absolute atomic E-state index is 0.572. The number of anilines is 1. The summed E-state index contributed by atoms with van der Waals surface area (Å²) < 4.78 is 5.70. The molecule has 0 unspecified atom stereocenters. The van der Waals surface area contributed by atoms with Crippen LogP contribution in [-0.4, -0.2) is 44.7 Å². The van der Waals surface area contributed by atoms with E-state index in [2.05, 4.69) is 55.0 Å². The highest BCUT2D eigenvalue weighted by Crippen LogP contribution is 2.20. The fraction of sp³-hybridized carbons (Fsp3) is 0.600. The summed E-state index contributed by atoms with van der Waals surface area (Å²) in [6.45, 7) is 9.63. The molecule has 0 N–H and O–H groups in total. The van der Waals surface area contributed by atoms with Crippen molar-refractivity contribution in [3.63, 3.8) is 0 Å². The van der Waals surface area contributed by atoms with Crippen molar-refractivity contribution in [2.24, 2.45) is 5.92 Å². The number of nitrogens with zero attached hydrogens (tertiary/aromatic N) is 2. The first-order valence-corrected chi connectivity index (χ1v) is 6.81. The molecule has 1 heterocycles. The Hall–Kier alpha value is -1.22. The Morgan fingerprint density at radius 2 is 1.67 bits per heavy atom. The summed E-state index contributed by atoms with van der Waals surface area (Å²) in [4.78, 5) is 4.81. The van der Waals surface area contributed by atoms with Crippen LogP contribution in [0.4, 0.5) is 5.69 Å². The number of ether oxygens (including phenoxy) is 1. The molecule has 1 aliphatic rings. The smallest absolute Gasteiger partial charge is 0.119 e. The van der Waals surface area contributed by atoms with Crippen LogP contribution in [0.15, 0.2) is 24.3 Å². The van der Waals surface area contributed by atoms with Gasteiger partial charge in [-0.3, -0.25) is 0 Å². The zero-order chi connectivity index (χ0) is 13.0. The number of piperazine rings is 1. The third-order valence-corrected chi connectivity index (χ3v) is 3.29. The summed E-state index contributed by atoms with van der Waals surface area (Å²) in [5.41, 5.74) is 1.31. The van der Waals surface area contributed by atoms with Crippen molar-refractivity contribution in [2.45, 2.75) is 13.8 Å². The van der Waals surface area contributed by atoms with Crippen LogP contribution in [0.3, 0.4) is 0 Å². The Morgan fingerprint density at radius 1 is 1.06 bits per heavy atom. The van der Waals surface area contributed by atoms with Crippen molar-refractivity contribution in [2.75, 3.05) is 44.7 Å². The molecule has 0 atom stereocenters. The summed E-state index contributed by atoms with van der Waals surface area (Å²) in [5.74, 6) is 1.55. The Morgan fingerprint density at radius 3 is 2.22 bits per heavy atom. The van der Waals surface area contributed by atoms with E-state index in [9.17, 15) is 0 Å². The quantitative estimate of drug-likeness (QED) is 0.814. The van der Waals surface area contributed by atoms with Crippen LogP contribution in [-0.2, 0) is 0 Å². The van der Waals surface area contributed by atoms with Crippen LogP contribution in [0.5, 0.6) is 5.75 Å². The van der Waals surface area contributed by atoms with Crippen LogP contribution >= 0.6 is 0 Å². The van der Waals surface area contributed by atoms with E-state index in [0.717, 1.165) is 38.5 Å². The molecule has 0 amide bonds.